The van der Waals surface area contributed by atoms with Crippen molar-refractivity contribution in [3.8, 4) is 11.3 Å². The molecule has 0 atom stereocenters. The second-order valence-corrected chi connectivity index (χ2v) is 9.13. The second kappa shape index (κ2) is 7.89. The fourth-order valence-electron chi connectivity index (χ4n) is 2.76. The van der Waals surface area contributed by atoms with Crippen molar-refractivity contribution in [3.63, 3.8) is 0 Å². The molecule has 3 aromatic rings. The highest BCUT2D eigenvalue weighted by Crippen LogP contribution is 2.39. The number of aromatic nitrogens is 3. The fraction of sp³-hybridized carbons (Fsp3) is 0.118. The number of thioether (sulfide) groups is 1. The standard InChI is InChI=1S/C17H8ClF3N4O3S3/c18-8-4-2-1-3-7(8)12-9(25-15(22-12)31-14(23-25)17(19,20)21)5-10-13(28)24(6-11(26)27)16(29)30-10/h1-5H,6H2,(H,26,27)/b10-5-. The third kappa shape index (κ3) is 4.05. The maximum absolute atomic E-state index is 13.1. The fourth-order valence-corrected chi connectivity index (χ4v) is 4.98. The van der Waals surface area contributed by atoms with Crippen molar-refractivity contribution in [2.24, 2.45) is 0 Å². The SMILES string of the molecule is O=C(O)CN1C(=O)/C(=C/c2c(-c3ccccc3Cl)nc3sc(C(F)(F)F)nn23)SC1=S. The largest absolute Gasteiger partial charge is 0.480 e. The van der Waals surface area contributed by atoms with E-state index in [4.69, 9.17) is 28.9 Å². The van der Waals surface area contributed by atoms with Gasteiger partial charge < -0.3 is 5.11 Å². The number of fused-ring (bicyclic) bond motifs is 1. The number of hydrogen-bond acceptors (Lipinski definition) is 7. The Hall–Kier alpha value is -2.48. The minimum Gasteiger partial charge on any atom is -0.480 e. The average Bonchev–Trinajstić information content (AvgIpc) is 3.31. The lowest BCUT2D eigenvalue weighted by atomic mass is 10.1. The number of amides is 1. The molecule has 1 aliphatic rings. The van der Waals surface area contributed by atoms with E-state index in [0.29, 0.717) is 21.9 Å². The van der Waals surface area contributed by atoms with E-state index in [-0.39, 0.29) is 25.6 Å². The van der Waals surface area contributed by atoms with Crippen LogP contribution in [0.1, 0.15) is 10.7 Å². The number of aliphatic carboxylic acids is 1. The Morgan fingerprint density at radius 3 is 2.68 bits per heavy atom. The van der Waals surface area contributed by atoms with Crippen molar-refractivity contribution in [1.29, 1.82) is 0 Å². The van der Waals surface area contributed by atoms with Gasteiger partial charge in [0, 0.05) is 5.56 Å². The predicted octanol–water partition coefficient (Wildman–Crippen LogP) is 4.42. The van der Waals surface area contributed by atoms with Gasteiger partial charge in [0.2, 0.25) is 9.97 Å². The molecule has 0 aliphatic carbocycles. The number of rotatable bonds is 4. The monoisotopic (exact) mass is 504 g/mol. The van der Waals surface area contributed by atoms with Gasteiger partial charge in [-0.05, 0) is 12.1 Å². The molecular formula is C17H8ClF3N4O3S3. The van der Waals surface area contributed by atoms with Gasteiger partial charge in [0.15, 0.2) is 0 Å². The van der Waals surface area contributed by atoms with Crippen LogP contribution >= 0.6 is 46.9 Å². The highest BCUT2D eigenvalue weighted by atomic mass is 35.5. The summed E-state index contributed by atoms with van der Waals surface area (Å²) < 4.78 is 40.4. The smallest absolute Gasteiger partial charge is 0.445 e. The van der Waals surface area contributed by atoms with Gasteiger partial charge in [0.25, 0.3) is 5.91 Å². The van der Waals surface area contributed by atoms with Gasteiger partial charge >= 0.3 is 12.1 Å². The number of carboxylic acids is 1. The van der Waals surface area contributed by atoms with Crippen LogP contribution in [0, 0.1) is 0 Å². The Bertz CT molecular complexity index is 1280. The van der Waals surface area contributed by atoms with E-state index in [1.165, 1.54) is 6.08 Å². The summed E-state index contributed by atoms with van der Waals surface area (Å²) in [7, 11) is 0. The third-order valence-corrected chi connectivity index (χ3v) is 6.71. The molecule has 14 heteroatoms. The average molecular weight is 505 g/mol. The van der Waals surface area contributed by atoms with Gasteiger partial charge in [-0.1, -0.05) is 65.1 Å². The number of imidazole rings is 1. The van der Waals surface area contributed by atoms with Crippen LogP contribution in [0.2, 0.25) is 5.02 Å². The minimum atomic E-state index is -4.67. The van der Waals surface area contributed by atoms with Gasteiger partial charge in [-0.15, -0.1) is 5.10 Å². The van der Waals surface area contributed by atoms with Crippen LogP contribution in [0.15, 0.2) is 29.2 Å². The summed E-state index contributed by atoms with van der Waals surface area (Å²) in [6.45, 7) is -0.629. The first kappa shape index (κ1) is 21.7. The highest BCUT2D eigenvalue weighted by Gasteiger charge is 2.37. The topological polar surface area (TPSA) is 87.8 Å². The Labute approximate surface area is 190 Å². The minimum absolute atomic E-state index is 0.0213. The van der Waals surface area contributed by atoms with Crippen molar-refractivity contribution < 1.29 is 27.9 Å². The molecule has 1 amide bonds. The number of carbonyl (C=O) groups excluding carboxylic acids is 1. The number of halogens is 4. The molecule has 1 aromatic carbocycles. The summed E-state index contributed by atoms with van der Waals surface area (Å²) in [5, 5.41) is 11.8. The van der Waals surface area contributed by atoms with E-state index in [0.717, 1.165) is 21.2 Å². The number of hydrogen-bond donors (Lipinski definition) is 1. The maximum atomic E-state index is 13.1. The van der Waals surface area contributed by atoms with E-state index in [1.807, 2.05) is 0 Å². The zero-order valence-corrected chi connectivity index (χ0v) is 18.1. The lowest BCUT2D eigenvalue weighted by Gasteiger charge is -2.10. The van der Waals surface area contributed by atoms with E-state index in [2.05, 4.69) is 10.1 Å². The quantitative estimate of drug-likeness (QED) is 0.416. The van der Waals surface area contributed by atoms with Gasteiger partial charge in [-0.25, -0.2) is 9.50 Å². The highest BCUT2D eigenvalue weighted by molar-refractivity contribution is 8.26. The summed E-state index contributed by atoms with van der Waals surface area (Å²) >= 11 is 12.5. The molecule has 0 unspecified atom stereocenters. The molecule has 1 fully saturated rings. The molecule has 3 heterocycles. The molecule has 0 saturated carbocycles. The Morgan fingerprint density at radius 2 is 2.03 bits per heavy atom. The Morgan fingerprint density at radius 1 is 1.32 bits per heavy atom. The van der Waals surface area contributed by atoms with Crippen molar-refractivity contribution in [2.45, 2.75) is 6.18 Å². The van der Waals surface area contributed by atoms with Gasteiger partial charge in [-0.2, -0.15) is 13.2 Å². The van der Waals surface area contributed by atoms with Gasteiger partial charge in [0.1, 0.15) is 16.6 Å². The van der Waals surface area contributed by atoms with Crippen molar-refractivity contribution >= 4 is 74.2 Å². The normalized spacial score (nSPS) is 16.1. The van der Waals surface area contributed by atoms with E-state index >= 15 is 0 Å². The molecule has 31 heavy (non-hydrogen) atoms. The third-order valence-electron chi connectivity index (χ3n) is 4.04. The van der Waals surface area contributed by atoms with Gasteiger partial charge in [-0.3, -0.25) is 14.5 Å². The summed E-state index contributed by atoms with van der Waals surface area (Å²) in [6, 6.07) is 6.59. The van der Waals surface area contributed by atoms with Gasteiger partial charge in [0.05, 0.1) is 15.6 Å². The van der Waals surface area contributed by atoms with Crippen LogP contribution in [0.25, 0.3) is 22.3 Å². The van der Waals surface area contributed by atoms with Crippen LogP contribution in [0.5, 0.6) is 0 Å². The number of alkyl halides is 3. The molecule has 0 radical (unpaired) electrons. The number of nitrogens with zero attached hydrogens (tertiary/aromatic N) is 4. The molecule has 2 aromatic heterocycles. The van der Waals surface area contributed by atoms with E-state index in [1.54, 1.807) is 24.3 Å². The molecule has 1 aliphatic heterocycles. The number of benzene rings is 1. The lowest BCUT2D eigenvalue weighted by Crippen LogP contribution is -2.33. The van der Waals surface area contributed by atoms with Crippen LogP contribution in [-0.2, 0) is 15.8 Å². The molecule has 1 saturated heterocycles. The number of carbonyl (C=O) groups is 2. The van der Waals surface area contributed by atoms with Crippen LogP contribution < -0.4 is 0 Å². The lowest BCUT2D eigenvalue weighted by molar-refractivity contribution is -0.140. The van der Waals surface area contributed by atoms with E-state index in [9.17, 15) is 22.8 Å². The Kier molecular flexibility index (Phi) is 5.54. The molecule has 160 valence electrons. The second-order valence-electron chi connectivity index (χ2n) is 6.09. The van der Waals surface area contributed by atoms with Crippen molar-refractivity contribution in [2.75, 3.05) is 6.54 Å². The van der Waals surface area contributed by atoms with E-state index < -0.39 is 29.6 Å². The predicted molar refractivity (Wildman–Crippen MR) is 114 cm³/mol. The Balaban J connectivity index is 1.90. The van der Waals surface area contributed by atoms with Crippen LogP contribution in [0.4, 0.5) is 13.2 Å². The van der Waals surface area contributed by atoms with Crippen LogP contribution in [0.3, 0.4) is 0 Å². The summed E-state index contributed by atoms with van der Waals surface area (Å²) in [6.07, 6.45) is -3.38. The molecule has 0 bridgehead atoms. The molecule has 0 spiro atoms. The summed E-state index contributed by atoms with van der Waals surface area (Å²) in [5.41, 5.74) is 0.745. The maximum Gasteiger partial charge on any atom is 0.445 e. The summed E-state index contributed by atoms with van der Waals surface area (Å²) in [4.78, 5) is 28.8. The number of thiocarbonyl (C=S) groups is 1. The first-order valence-electron chi connectivity index (χ1n) is 8.25. The molecular weight excluding hydrogens is 497 g/mol. The van der Waals surface area contributed by atoms with Crippen molar-refractivity contribution in [3.05, 3.63) is 44.9 Å². The van der Waals surface area contributed by atoms with Crippen LogP contribution in [-0.4, -0.2) is 47.3 Å². The zero-order valence-electron chi connectivity index (χ0n) is 14.9. The first-order valence-corrected chi connectivity index (χ1v) is 10.7. The zero-order chi connectivity index (χ0) is 22.5. The summed E-state index contributed by atoms with van der Waals surface area (Å²) in [5.74, 6) is -1.93. The number of carboxylic acid groups (broad SMARTS) is 1. The first-order chi connectivity index (χ1) is 14.6. The van der Waals surface area contributed by atoms with Crippen molar-refractivity contribution in [1.82, 2.24) is 19.5 Å². The molecule has 7 nitrogen and oxygen atoms in total. The molecule has 4 rings (SSSR count). The molecule has 1 N–H and O–H groups in total.